The molecule has 0 atom stereocenters. The first-order chi connectivity index (χ1) is 12.0. The maximum Gasteiger partial charge on any atom is 0.230 e. The second-order valence-corrected chi connectivity index (χ2v) is 6.26. The zero-order valence-corrected chi connectivity index (χ0v) is 14.1. The third kappa shape index (κ3) is 3.57. The molecule has 0 bridgehead atoms. The van der Waals surface area contributed by atoms with Gasteiger partial charge in [-0.25, -0.2) is 14.1 Å². The minimum atomic E-state index is -0.965. The van der Waals surface area contributed by atoms with Crippen LogP contribution >= 0.6 is 0 Å². The topological polar surface area (TPSA) is 59.8 Å². The highest BCUT2D eigenvalue weighted by atomic mass is 19.1. The number of hydrogen-bond acceptors (Lipinski definition) is 3. The van der Waals surface area contributed by atoms with Crippen LogP contribution in [0.5, 0.6) is 0 Å². The normalized spacial score (nSPS) is 11.3. The number of halogens is 1. The molecule has 0 saturated carbocycles. The molecular formula is C19H19FN4O. The van der Waals surface area contributed by atoms with E-state index in [1.165, 1.54) is 6.07 Å². The number of nitrogens with one attached hydrogen (secondary N) is 1. The molecule has 3 aromatic rings. The molecule has 0 fully saturated rings. The van der Waals surface area contributed by atoms with Crippen molar-refractivity contribution in [2.45, 2.75) is 25.8 Å². The Morgan fingerprint density at radius 2 is 2.00 bits per heavy atom. The summed E-state index contributed by atoms with van der Waals surface area (Å²) < 4.78 is 15.6. The van der Waals surface area contributed by atoms with E-state index < -0.39 is 5.41 Å². The molecule has 6 heteroatoms. The van der Waals surface area contributed by atoms with E-state index in [9.17, 15) is 9.18 Å². The molecule has 3 rings (SSSR count). The quantitative estimate of drug-likeness (QED) is 0.778. The van der Waals surface area contributed by atoms with E-state index in [1.54, 1.807) is 55.3 Å². The molecule has 0 aliphatic carbocycles. The SMILES string of the molecule is CC(C)(C(=O)NCc1ccc(-n2cccn2)nc1)c1ccccc1F. The monoisotopic (exact) mass is 338 g/mol. The molecule has 0 unspecified atom stereocenters. The van der Waals surface area contributed by atoms with Crippen molar-refractivity contribution in [2.75, 3.05) is 0 Å². The van der Waals surface area contributed by atoms with Crippen LogP contribution in [0.4, 0.5) is 4.39 Å². The summed E-state index contributed by atoms with van der Waals surface area (Å²) >= 11 is 0. The van der Waals surface area contributed by atoms with E-state index >= 15 is 0 Å². The Morgan fingerprint density at radius 3 is 2.64 bits per heavy atom. The lowest BCUT2D eigenvalue weighted by molar-refractivity contribution is -0.125. The molecule has 0 radical (unpaired) electrons. The lowest BCUT2D eigenvalue weighted by Gasteiger charge is -2.24. The van der Waals surface area contributed by atoms with Crippen LogP contribution in [0.1, 0.15) is 25.0 Å². The number of pyridine rings is 1. The number of hydrogen-bond donors (Lipinski definition) is 1. The van der Waals surface area contributed by atoms with Gasteiger partial charge in [0.1, 0.15) is 5.82 Å². The Morgan fingerprint density at radius 1 is 1.20 bits per heavy atom. The fraction of sp³-hybridized carbons (Fsp3) is 0.211. The first-order valence-electron chi connectivity index (χ1n) is 7.97. The average molecular weight is 338 g/mol. The Kier molecular flexibility index (Phi) is 4.61. The summed E-state index contributed by atoms with van der Waals surface area (Å²) in [5.74, 6) is 0.0772. The van der Waals surface area contributed by atoms with Crippen molar-refractivity contribution in [1.29, 1.82) is 0 Å². The van der Waals surface area contributed by atoms with Gasteiger partial charge >= 0.3 is 0 Å². The van der Waals surface area contributed by atoms with Gasteiger partial charge in [-0.2, -0.15) is 5.10 Å². The van der Waals surface area contributed by atoms with E-state index in [1.807, 2.05) is 18.2 Å². The van der Waals surface area contributed by atoms with Crippen LogP contribution in [0.3, 0.4) is 0 Å². The first kappa shape index (κ1) is 16.8. The highest BCUT2D eigenvalue weighted by Gasteiger charge is 2.31. The van der Waals surface area contributed by atoms with Crippen molar-refractivity contribution < 1.29 is 9.18 Å². The second-order valence-electron chi connectivity index (χ2n) is 6.26. The summed E-state index contributed by atoms with van der Waals surface area (Å²) in [6.07, 6.45) is 5.18. The van der Waals surface area contributed by atoms with Crippen LogP contribution < -0.4 is 5.32 Å². The maximum atomic E-state index is 14.0. The lowest BCUT2D eigenvalue weighted by atomic mass is 9.83. The molecule has 2 aromatic heterocycles. The molecule has 0 aliphatic rings. The molecule has 1 amide bonds. The smallest absolute Gasteiger partial charge is 0.230 e. The summed E-state index contributed by atoms with van der Waals surface area (Å²) in [7, 11) is 0. The van der Waals surface area contributed by atoms with Gasteiger partial charge in [-0.3, -0.25) is 4.79 Å². The largest absolute Gasteiger partial charge is 0.351 e. The molecule has 25 heavy (non-hydrogen) atoms. The molecular weight excluding hydrogens is 319 g/mol. The molecule has 0 aliphatic heterocycles. The van der Waals surface area contributed by atoms with E-state index in [2.05, 4.69) is 15.4 Å². The first-order valence-corrected chi connectivity index (χ1v) is 7.97. The van der Waals surface area contributed by atoms with E-state index in [0.29, 0.717) is 17.9 Å². The highest BCUT2D eigenvalue weighted by Crippen LogP contribution is 2.26. The van der Waals surface area contributed by atoms with Gasteiger partial charge in [-0.15, -0.1) is 0 Å². The Labute approximate surface area is 145 Å². The fourth-order valence-corrected chi connectivity index (χ4v) is 2.55. The van der Waals surface area contributed by atoms with Crippen molar-refractivity contribution in [3.05, 3.63) is 78.0 Å². The van der Waals surface area contributed by atoms with E-state index in [4.69, 9.17) is 0 Å². The van der Waals surface area contributed by atoms with Gasteiger partial charge in [0.15, 0.2) is 5.82 Å². The molecule has 0 saturated heterocycles. The summed E-state index contributed by atoms with van der Waals surface area (Å²) in [5.41, 5.74) is 0.265. The number of nitrogens with zero attached hydrogens (tertiary/aromatic N) is 3. The van der Waals surface area contributed by atoms with Crippen LogP contribution in [-0.4, -0.2) is 20.7 Å². The highest BCUT2D eigenvalue weighted by molar-refractivity contribution is 5.87. The third-order valence-corrected chi connectivity index (χ3v) is 4.12. The number of carbonyl (C=O) groups is 1. The molecule has 0 spiro atoms. The van der Waals surface area contributed by atoms with Crippen LogP contribution in [0, 0.1) is 5.82 Å². The van der Waals surface area contributed by atoms with Crippen molar-refractivity contribution >= 4 is 5.91 Å². The Balaban J connectivity index is 1.67. The van der Waals surface area contributed by atoms with Crippen LogP contribution in [0.2, 0.25) is 0 Å². The molecule has 128 valence electrons. The molecule has 1 aromatic carbocycles. The number of carbonyl (C=O) groups excluding carboxylic acids is 1. The van der Waals surface area contributed by atoms with Crippen molar-refractivity contribution in [3.63, 3.8) is 0 Å². The molecule has 2 heterocycles. The van der Waals surface area contributed by atoms with Gasteiger partial charge in [0.25, 0.3) is 0 Å². The number of amides is 1. The van der Waals surface area contributed by atoms with E-state index in [0.717, 1.165) is 5.56 Å². The van der Waals surface area contributed by atoms with Crippen LogP contribution in [0.15, 0.2) is 61.1 Å². The minimum absolute atomic E-state index is 0.242. The average Bonchev–Trinajstić information content (AvgIpc) is 3.15. The van der Waals surface area contributed by atoms with E-state index in [-0.39, 0.29) is 11.7 Å². The predicted octanol–water partition coefficient (Wildman–Crippen LogP) is 3.00. The summed E-state index contributed by atoms with van der Waals surface area (Å²) in [6.45, 7) is 3.74. The number of benzene rings is 1. The predicted molar refractivity (Wildman–Crippen MR) is 92.6 cm³/mol. The van der Waals surface area contributed by atoms with Gasteiger partial charge in [-0.05, 0) is 37.6 Å². The summed E-state index contributed by atoms with van der Waals surface area (Å²) in [4.78, 5) is 16.9. The van der Waals surface area contributed by atoms with Gasteiger partial charge in [-0.1, -0.05) is 24.3 Å². The third-order valence-electron chi connectivity index (χ3n) is 4.12. The number of aromatic nitrogens is 3. The zero-order chi connectivity index (χ0) is 17.9. The van der Waals surface area contributed by atoms with Gasteiger partial charge in [0, 0.05) is 30.7 Å². The standard InChI is InChI=1S/C19H19FN4O/c1-19(2,15-6-3-4-7-16(15)20)18(25)22-13-14-8-9-17(21-12-14)24-11-5-10-23-24/h3-12H,13H2,1-2H3,(H,22,25). The van der Waals surface area contributed by atoms with Crippen LogP contribution in [-0.2, 0) is 16.8 Å². The van der Waals surface area contributed by atoms with Crippen molar-refractivity contribution in [1.82, 2.24) is 20.1 Å². The minimum Gasteiger partial charge on any atom is -0.351 e. The van der Waals surface area contributed by atoms with Gasteiger partial charge in [0.05, 0.1) is 5.41 Å². The fourth-order valence-electron chi connectivity index (χ4n) is 2.55. The Bertz CT molecular complexity index is 857. The Hall–Kier alpha value is -3.02. The number of rotatable bonds is 5. The van der Waals surface area contributed by atoms with Gasteiger partial charge in [0.2, 0.25) is 5.91 Å². The lowest BCUT2D eigenvalue weighted by Crippen LogP contribution is -2.40. The van der Waals surface area contributed by atoms with Crippen molar-refractivity contribution in [3.8, 4) is 5.82 Å². The maximum absolute atomic E-state index is 14.0. The van der Waals surface area contributed by atoms with Gasteiger partial charge < -0.3 is 5.32 Å². The second kappa shape index (κ2) is 6.84. The van der Waals surface area contributed by atoms with Crippen LogP contribution in [0.25, 0.3) is 5.82 Å². The molecule has 1 N–H and O–H groups in total. The van der Waals surface area contributed by atoms with Crippen molar-refractivity contribution in [2.24, 2.45) is 0 Å². The molecule has 5 nitrogen and oxygen atoms in total. The summed E-state index contributed by atoms with van der Waals surface area (Å²) in [5, 5.41) is 6.96. The zero-order valence-electron chi connectivity index (χ0n) is 14.1. The summed E-state index contributed by atoms with van der Waals surface area (Å²) in [6, 6.07) is 11.9.